The van der Waals surface area contributed by atoms with Crippen molar-refractivity contribution < 1.29 is 8.78 Å². The maximum absolute atomic E-state index is 13.5. The fourth-order valence-electron chi connectivity index (χ4n) is 4.78. The van der Waals surface area contributed by atoms with Crippen LogP contribution in [0.25, 0.3) is 21.8 Å². The minimum atomic E-state index is -0.196. The zero-order chi connectivity index (χ0) is 19.8. The molecule has 0 saturated carbocycles. The number of fused-ring (bicyclic) bond motifs is 2. The molecule has 5 rings (SSSR count). The van der Waals surface area contributed by atoms with Crippen LogP contribution in [0.3, 0.4) is 0 Å². The number of hydrogen-bond acceptors (Lipinski definition) is 1. The smallest absolute Gasteiger partial charge is 0.125 e. The van der Waals surface area contributed by atoms with E-state index in [0.29, 0.717) is 5.92 Å². The summed E-state index contributed by atoms with van der Waals surface area (Å²) >= 11 is 0. The maximum Gasteiger partial charge on any atom is 0.125 e. The van der Waals surface area contributed by atoms with Crippen molar-refractivity contribution in [2.24, 2.45) is 0 Å². The van der Waals surface area contributed by atoms with Gasteiger partial charge in [0.1, 0.15) is 11.6 Å². The molecule has 2 aromatic heterocycles. The summed E-state index contributed by atoms with van der Waals surface area (Å²) in [6, 6.07) is 9.94. The molecule has 0 amide bonds. The molecule has 1 saturated heterocycles. The van der Waals surface area contributed by atoms with Gasteiger partial charge in [0.25, 0.3) is 0 Å². The Labute approximate surface area is 168 Å². The zero-order valence-electron chi connectivity index (χ0n) is 16.3. The second-order valence-corrected chi connectivity index (χ2v) is 8.16. The number of likely N-dealkylation sites (tertiary alicyclic amines) is 1. The summed E-state index contributed by atoms with van der Waals surface area (Å²) in [5.74, 6) is 0.154. The second kappa shape index (κ2) is 7.64. The van der Waals surface area contributed by atoms with Crippen LogP contribution in [-0.4, -0.2) is 34.5 Å². The Morgan fingerprint density at radius 3 is 2.48 bits per heavy atom. The average molecular weight is 393 g/mol. The van der Waals surface area contributed by atoms with Gasteiger partial charge in [0, 0.05) is 34.2 Å². The lowest BCUT2D eigenvalue weighted by Crippen LogP contribution is -2.33. The zero-order valence-corrected chi connectivity index (χ0v) is 16.3. The van der Waals surface area contributed by atoms with Crippen molar-refractivity contribution in [3.8, 4) is 0 Å². The molecule has 150 valence electrons. The molecular weight excluding hydrogens is 368 g/mol. The Hall–Kier alpha value is -2.66. The molecule has 4 aromatic rings. The first-order chi connectivity index (χ1) is 14.2. The summed E-state index contributed by atoms with van der Waals surface area (Å²) in [4.78, 5) is 8.99. The van der Waals surface area contributed by atoms with Crippen LogP contribution in [0.5, 0.6) is 0 Å². The van der Waals surface area contributed by atoms with E-state index in [0.717, 1.165) is 67.1 Å². The van der Waals surface area contributed by atoms with Gasteiger partial charge >= 0.3 is 0 Å². The highest BCUT2D eigenvalue weighted by Gasteiger charge is 2.22. The van der Waals surface area contributed by atoms with Crippen molar-refractivity contribution in [1.29, 1.82) is 0 Å². The number of benzene rings is 2. The van der Waals surface area contributed by atoms with Gasteiger partial charge in [-0.25, -0.2) is 8.78 Å². The number of piperidine rings is 1. The summed E-state index contributed by atoms with van der Waals surface area (Å²) in [6.07, 6.45) is 8.35. The van der Waals surface area contributed by atoms with Crippen molar-refractivity contribution in [3.63, 3.8) is 0 Å². The van der Waals surface area contributed by atoms with Crippen LogP contribution in [0.1, 0.15) is 36.3 Å². The van der Waals surface area contributed by atoms with E-state index in [1.54, 1.807) is 24.3 Å². The van der Waals surface area contributed by atoms with Crippen molar-refractivity contribution in [1.82, 2.24) is 14.9 Å². The van der Waals surface area contributed by atoms with Crippen LogP contribution >= 0.6 is 0 Å². The lowest BCUT2D eigenvalue weighted by atomic mass is 9.89. The number of rotatable bonds is 5. The average Bonchev–Trinajstić information content (AvgIpc) is 3.32. The highest BCUT2D eigenvalue weighted by Crippen LogP contribution is 2.33. The molecule has 1 aliphatic heterocycles. The molecule has 0 atom stereocenters. The van der Waals surface area contributed by atoms with E-state index in [1.165, 1.54) is 17.2 Å². The first-order valence-electron chi connectivity index (χ1n) is 10.4. The van der Waals surface area contributed by atoms with E-state index in [1.807, 2.05) is 12.3 Å². The Bertz CT molecular complexity index is 1140. The number of aryl methyl sites for hydroxylation is 1. The molecule has 2 N–H and O–H groups in total. The van der Waals surface area contributed by atoms with Crippen LogP contribution in [0.4, 0.5) is 8.78 Å². The number of nitrogens with one attached hydrogen (secondary N) is 2. The van der Waals surface area contributed by atoms with Crippen LogP contribution < -0.4 is 0 Å². The summed E-state index contributed by atoms with van der Waals surface area (Å²) in [6.45, 7) is 3.23. The van der Waals surface area contributed by atoms with Crippen LogP contribution in [0.2, 0.25) is 0 Å². The SMILES string of the molecule is Fc1ccc2c(C3CCN(CCCc4c[nH]c5ccc(F)cc45)CC3)c[nH]c2c1. The molecule has 2 aromatic carbocycles. The molecule has 0 unspecified atom stereocenters. The van der Waals surface area contributed by atoms with Gasteiger partial charge in [-0.15, -0.1) is 0 Å². The minimum absolute atomic E-state index is 0.180. The standard InChI is InChI=1S/C24H25F2N3/c25-18-4-6-23-21(12-18)17(14-27-23)2-1-9-29-10-7-16(8-11-29)22-15-28-24-13-19(26)3-5-20(22)24/h3-6,12-16,27-28H,1-2,7-11H2. The normalized spacial score (nSPS) is 16.2. The van der Waals surface area contributed by atoms with Gasteiger partial charge in [0.05, 0.1) is 0 Å². The second-order valence-electron chi connectivity index (χ2n) is 8.16. The lowest BCUT2D eigenvalue weighted by Gasteiger charge is -2.32. The molecule has 0 radical (unpaired) electrons. The van der Waals surface area contributed by atoms with E-state index in [-0.39, 0.29) is 11.6 Å². The van der Waals surface area contributed by atoms with E-state index < -0.39 is 0 Å². The minimum Gasteiger partial charge on any atom is -0.361 e. The lowest BCUT2D eigenvalue weighted by molar-refractivity contribution is 0.211. The molecule has 0 spiro atoms. The summed E-state index contributed by atoms with van der Waals surface area (Å²) in [7, 11) is 0. The topological polar surface area (TPSA) is 34.8 Å². The molecule has 3 nitrogen and oxygen atoms in total. The van der Waals surface area contributed by atoms with Crippen molar-refractivity contribution >= 4 is 21.8 Å². The van der Waals surface area contributed by atoms with Gasteiger partial charge < -0.3 is 14.9 Å². The first-order valence-corrected chi connectivity index (χ1v) is 10.4. The fraction of sp³-hybridized carbons (Fsp3) is 0.333. The Morgan fingerprint density at radius 2 is 1.62 bits per heavy atom. The number of halogens is 2. The third kappa shape index (κ3) is 3.67. The quantitative estimate of drug-likeness (QED) is 0.446. The Morgan fingerprint density at radius 1 is 0.862 bits per heavy atom. The van der Waals surface area contributed by atoms with E-state index >= 15 is 0 Å². The number of aromatic amines is 2. The number of aromatic nitrogens is 2. The van der Waals surface area contributed by atoms with E-state index in [2.05, 4.69) is 21.1 Å². The maximum atomic E-state index is 13.5. The molecule has 3 heterocycles. The van der Waals surface area contributed by atoms with Gasteiger partial charge in [0.15, 0.2) is 0 Å². The molecule has 0 aliphatic carbocycles. The Kier molecular flexibility index (Phi) is 4.84. The number of H-pyrrole nitrogens is 2. The molecule has 1 fully saturated rings. The predicted molar refractivity (Wildman–Crippen MR) is 113 cm³/mol. The van der Waals surface area contributed by atoms with Gasteiger partial charge in [-0.1, -0.05) is 0 Å². The van der Waals surface area contributed by atoms with Crippen LogP contribution in [-0.2, 0) is 6.42 Å². The van der Waals surface area contributed by atoms with Gasteiger partial charge in [-0.2, -0.15) is 0 Å². The van der Waals surface area contributed by atoms with Crippen LogP contribution in [0.15, 0.2) is 48.8 Å². The van der Waals surface area contributed by atoms with Gasteiger partial charge in [-0.3, -0.25) is 0 Å². The summed E-state index contributed by atoms with van der Waals surface area (Å²) in [5, 5.41) is 2.15. The summed E-state index contributed by atoms with van der Waals surface area (Å²) in [5.41, 5.74) is 4.40. The molecule has 0 bridgehead atoms. The third-order valence-corrected chi connectivity index (χ3v) is 6.35. The largest absolute Gasteiger partial charge is 0.361 e. The molecular formula is C24H25F2N3. The van der Waals surface area contributed by atoms with Crippen molar-refractivity contribution in [3.05, 3.63) is 71.6 Å². The van der Waals surface area contributed by atoms with E-state index in [9.17, 15) is 8.78 Å². The highest BCUT2D eigenvalue weighted by molar-refractivity contribution is 5.84. The molecule has 5 heteroatoms. The Balaban J connectivity index is 1.16. The van der Waals surface area contributed by atoms with Crippen molar-refractivity contribution in [2.75, 3.05) is 19.6 Å². The predicted octanol–water partition coefficient (Wildman–Crippen LogP) is 5.74. The molecule has 1 aliphatic rings. The van der Waals surface area contributed by atoms with E-state index in [4.69, 9.17) is 0 Å². The number of nitrogens with zero attached hydrogens (tertiary/aromatic N) is 1. The van der Waals surface area contributed by atoms with Gasteiger partial charge in [0.2, 0.25) is 0 Å². The van der Waals surface area contributed by atoms with Gasteiger partial charge in [-0.05, 0) is 98.8 Å². The van der Waals surface area contributed by atoms with Crippen molar-refractivity contribution in [2.45, 2.75) is 31.6 Å². The monoisotopic (exact) mass is 393 g/mol. The van der Waals surface area contributed by atoms with Crippen LogP contribution in [0, 0.1) is 11.6 Å². The third-order valence-electron chi connectivity index (χ3n) is 6.35. The molecule has 29 heavy (non-hydrogen) atoms. The first kappa shape index (κ1) is 18.4. The summed E-state index contributed by atoms with van der Waals surface area (Å²) < 4.78 is 27.0. The highest BCUT2D eigenvalue weighted by atomic mass is 19.1. The fourth-order valence-corrected chi connectivity index (χ4v) is 4.78. The number of hydrogen-bond donors (Lipinski definition) is 2.